The first-order valence-electron chi connectivity index (χ1n) is 4.68. The summed E-state index contributed by atoms with van der Waals surface area (Å²) < 4.78 is 0. The zero-order valence-electron chi connectivity index (χ0n) is 8.71. The van der Waals surface area contributed by atoms with Gasteiger partial charge in [-0.25, -0.2) is 0 Å². The molecule has 0 aromatic rings. The van der Waals surface area contributed by atoms with Crippen molar-refractivity contribution in [1.82, 2.24) is 9.80 Å². The van der Waals surface area contributed by atoms with Crippen LogP contribution in [0.4, 0.5) is 0 Å². The van der Waals surface area contributed by atoms with Crippen molar-refractivity contribution in [3.8, 4) is 0 Å². The van der Waals surface area contributed by atoms with Crippen LogP contribution in [0.2, 0.25) is 0 Å². The van der Waals surface area contributed by atoms with Crippen molar-refractivity contribution in [2.24, 2.45) is 5.73 Å². The third kappa shape index (κ3) is 2.19. The van der Waals surface area contributed by atoms with Crippen molar-refractivity contribution in [3.63, 3.8) is 0 Å². The molecule has 0 bridgehead atoms. The minimum absolute atomic E-state index is 0.239. The summed E-state index contributed by atoms with van der Waals surface area (Å²) in [6, 6.07) is 0. The van der Waals surface area contributed by atoms with Crippen LogP contribution < -0.4 is 5.73 Å². The van der Waals surface area contributed by atoms with Gasteiger partial charge in [0.25, 0.3) is 0 Å². The minimum atomic E-state index is -0.499. The molecule has 2 N–H and O–H groups in total. The molecule has 0 aliphatic carbocycles. The fraction of sp³-hybridized carbons (Fsp3) is 0.889. The van der Waals surface area contributed by atoms with Crippen LogP contribution in [0.15, 0.2) is 0 Å². The Labute approximate surface area is 79.7 Å². The van der Waals surface area contributed by atoms with E-state index in [0.717, 1.165) is 26.2 Å². The van der Waals surface area contributed by atoms with Crippen molar-refractivity contribution in [2.75, 3.05) is 33.2 Å². The monoisotopic (exact) mass is 185 g/mol. The van der Waals surface area contributed by atoms with E-state index in [1.165, 1.54) is 0 Å². The Bertz CT molecular complexity index is 195. The number of hydrogen-bond donors (Lipinski definition) is 1. The molecule has 1 heterocycles. The Balaban J connectivity index is 2.58. The molecule has 0 atom stereocenters. The van der Waals surface area contributed by atoms with Crippen LogP contribution in [0.3, 0.4) is 0 Å². The van der Waals surface area contributed by atoms with Gasteiger partial charge in [0.05, 0.1) is 5.54 Å². The topological polar surface area (TPSA) is 49.6 Å². The maximum Gasteiger partial charge on any atom is 0.237 e. The highest BCUT2D eigenvalue weighted by Gasteiger charge is 2.33. The summed E-state index contributed by atoms with van der Waals surface area (Å²) in [7, 11) is 2.09. The molecule has 76 valence electrons. The molecule has 1 rings (SSSR count). The lowest BCUT2D eigenvalue weighted by Gasteiger charge is -2.41. The van der Waals surface area contributed by atoms with Crippen LogP contribution in [0.1, 0.15) is 13.8 Å². The van der Waals surface area contributed by atoms with E-state index in [2.05, 4.69) is 16.8 Å². The summed E-state index contributed by atoms with van der Waals surface area (Å²) in [5.41, 5.74) is 4.84. The molecule has 0 spiro atoms. The lowest BCUT2D eigenvalue weighted by Crippen LogP contribution is -2.59. The van der Waals surface area contributed by atoms with Gasteiger partial charge < -0.3 is 10.6 Å². The van der Waals surface area contributed by atoms with E-state index in [-0.39, 0.29) is 5.91 Å². The second-order valence-electron chi connectivity index (χ2n) is 4.21. The summed E-state index contributed by atoms with van der Waals surface area (Å²) in [6.07, 6.45) is 0. The van der Waals surface area contributed by atoms with Gasteiger partial charge in [0.15, 0.2) is 0 Å². The van der Waals surface area contributed by atoms with E-state index in [9.17, 15) is 4.79 Å². The number of rotatable bonds is 2. The lowest BCUT2D eigenvalue weighted by atomic mass is 10.0. The van der Waals surface area contributed by atoms with Crippen molar-refractivity contribution < 1.29 is 4.79 Å². The summed E-state index contributed by atoms with van der Waals surface area (Å²) >= 11 is 0. The number of carbonyl (C=O) groups is 1. The molecular formula is C9H19N3O. The maximum atomic E-state index is 11.2. The molecule has 1 fully saturated rings. The zero-order valence-corrected chi connectivity index (χ0v) is 8.71. The molecule has 1 saturated heterocycles. The maximum absolute atomic E-state index is 11.2. The molecular weight excluding hydrogens is 166 g/mol. The van der Waals surface area contributed by atoms with Gasteiger partial charge in [-0.2, -0.15) is 0 Å². The van der Waals surface area contributed by atoms with Gasteiger partial charge in [0.2, 0.25) is 5.91 Å². The first-order valence-corrected chi connectivity index (χ1v) is 4.68. The molecule has 0 radical (unpaired) electrons. The number of likely N-dealkylation sites (N-methyl/N-ethyl adjacent to an activating group) is 1. The average Bonchev–Trinajstić information content (AvgIpc) is 2.04. The molecule has 13 heavy (non-hydrogen) atoms. The molecule has 0 saturated carbocycles. The summed E-state index contributed by atoms with van der Waals surface area (Å²) in [5, 5.41) is 0. The third-order valence-electron chi connectivity index (χ3n) is 2.90. The Morgan fingerprint density at radius 2 is 1.69 bits per heavy atom. The second-order valence-corrected chi connectivity index (χ2v) is 4.21. The first-order chi connectivity index (χ1) is 5.94. The predicted molar refractivity (Wildman–Crippen MR) is 52.3 cm³/mol. The summed E-state index contributed by atoms with van der Waals surface area (Å²) in [5.74, 6) is -0.239. The molecule has 0 unspecified atom stereocenters. The SMILES string of the molecule is CN1CCN(C(C)(C)C(N)=O)CC1. The van der Waals surface area contributed by atoms with Gasteiger partial charge in [-0.3, -0.25) is 9.69 Å². The summed E-state index contributed by atoms with van der Waals surface area (Å²) in [6.45, 7) is 7.65. The molecule has 1 amide bonds. The molecule has 0 aromatic carbocycles. The van der Waals surface area contributed by atoms with Gasteiger partial charge in [0.1, 0.15) is 0 Å². The van der Waals surface area contributed by atoms with Crippen molar-refractivity contribution in [1.29, 1.82) is 0 Å². The van der Waals surface area contributed by atoms with E-state index in [1.54, 1.807) is 0 Å². The minimum Gasteiger partial charge on any atom is -0.368 e. The standard InChI is InChI=1S/C9H19N3O/c1-9(2,8(10)13)12-6-4-11(3)5-7-12/h4-7H2,1-3H3,(H2,10,13). The number of carbonyl (C=O) groups excluding carboxylic acids is 1. The zero-order chi connectivity index (χ0) is 10.1. The second kappa shape index (κ2) is 3.64. The third-order valence-corrected chi connectivity index (χ3v) is 2.90. The fourth-order valence-electron chi connectivity index (χ4n) is 1.52. The van der Waals surface area contributed by atoms with Gasteiger partial charge in [0, 0.05) is 26.2 Å². The van der Waals surface area contributed by atoms with Gasteiger partial charge in [-0.05, 0) is 20.9 Å². The number of hydrogen-bond acceptors (Lipinski definition) is 3. The fourth-order valence-corrected chi connectivity index (χ4v) is 1.52. The van der Waals surface area contributed by atoms with Crippen molar-refractivity contribution in [2.45, 2.75) is 19.4 Å². The number of amides is 1. The van der Waals surface area contributed by atoms with E-state index in [4.69, 9.17) is 5.73 Å². The normalized spacial score (nSPS) is 21.8. The Morgan fingerprint density at radius 3 is 2.08 bits per heavy atom. The van der Waals surface area contributed by atoms with E-state index < -0.39 is 5.54 Å². The molecule has 0 aromatic heterocycles. The smallest absolute Gasteiger partial charge is 0.237 e. The highest BCUT2D eigenvalue weighted by Crippen LogP contribution is 2.15. The van der Waals surface area contributed by atoms with Crippen molar-refractivity contribution >= 4 is 5.91 Å². The summed E-state index contributed by atoms with van der Waals surface area (Å²) in [4.78, 5) is 15.6. The largest absolute Gasteiger partial charge is 0.368 e. The molecule has 1 aliphatic heterocycles. The van der Waals surface area contributed by atoms with E-state index >= 15 is 0 Å². The Morgan fingerprint density at radius 1 is 1.23 bits per heavy atom. The van der Waals surface area contributed by atoms with E-state index in [0.29, 0.717) is 0 Å². The van der Waals surface area contributed by atoms with Gasteiger partial charge in [-0.15, -0.1) is 0 Å². The highest BCUT2D eigenvalue weighted by molar-refractivity contribution is 5.83. The molecule has 1 aliphatic rings. The van der Waals surface area contributed by atoms with Crippen LogP contribution >= 0.6 is 0 Å². The average molecular weight is 185 g/mol. The number of nitrogens with zero attached hydrogens (tertiary/aromatic N) is 2. The van der Waals surface area contributed by atoms with E-state index in [1.807, 2.05) is 13.8 Å². The number of nitrogens with two attached hydrogens (primary N) is 1. The van der Waals surface area contributed by atoms with Gasteiger partial charge in [-0.1, -0.05) is 0 Å². The van der Waals surface area contributed by atoms with Crippen LogP contribution in [0, 0.1) is 0 Å². The predicted octanol–water partition coefficient (Wildman–Crippen LogP) is -0.502. The Kier molecular flexibility index (Phi) is 2.93. The van der Waals surface area contributed by atoms with Crippen LogP contribution in [-0.4, -0.2) is 54.5 Å². The number of piperazine rings is 1. The van der Waals surface area contributed by atoms with Crippen LogP contribution in [0.25, 0.3) is 0 Å². The highest BCUT2D eigenvalue weighted by atomic mass is 16.1. The van der Waals surface area contributed by atoms with Crippen molar-refractivity contribution in [3.05, 3.63) is 0 Å². The molecule has 4 heteroatoms. The molecule has 4 nitrogen and oxygen atoms in total. The first kappa shape index (κ1) is 10.5. The van der Waals surface area contributed by atoms with Crippen LogP contribution in [-0.2, 0) is 4.79 Å². The number of primary amides is 1. The Hall–Kier alpha value is -0.610. The lowest BCUT2D eigenvalue weighted by molar-refractivity contribution is -0.129. The van der Waals surface area contributed by atoms with Crippen LogP contribution in [0.5, 0.6) is 0 Å². The quantitative estimate of drug-likeness (QED) is 0.631. The van der Waals surface area contributed by atoms with Gasteiger partial charge >= 0.3 is 0 Å².